The van der Waals surface area contributed by atoms with Crippen molar-refractivity contribution in [3.05, 3.63) is 23.0 Å². The van der Waals surface area contributed by atoms with Gasteiger partial charge in [-0.25, -0.2) is 0 Å². The molecule has 1 saturated heterocycles. The van der Waals surface area contributed by atoms with Crippen LogP contribution >= 0.6 is 0 Å². The second kappa shape index (κ2) is 8.59. The second-order valence-corrected chi connectivity index (χ2v) is 7.67. The molecule has 1 unspecified atom stereocenters. The Hall–Kier alpha value is -2.31. The monoisotopic (exact) mass is 377 g/mol. The lowest BCUT2D eigenvalue weighted by Crippen LogP contribution is -2.43. The van der Waals surface area contributed by atoms with Gasteiger partial charge >= 0.3 is 5.97 Å². The van der Waals surface area contributed by atoms with Crippen molar-refractivity contribution >= 4 is 17.8 Å². The minimum absolute atomic E-state index is 0.0169. The van der Waals surface area contributed by atoms with Crippen molar-refractivity contribution in [3.63, 3.8) is 0 Å². The SMILES string of the molecule is CC(=O)N(CC(=O)O)C1CCCN(C(=O)c2cc(C)n(C(C)C)c2C)CC1. The maximum Gasteiger partial charge on any atom is 0.323 e. The predicted octanol–water partition coefficient (Wildman–Crippen LogP) is 2.61. The zero-order valence-corrected chi connectivity index (χ0v) is 17.0. The van der Waals surface area contributed by atoms with Crippen LogP contribution in [0.15, 0.2) is 6.07 Å². The van der Waals surface area contributed by atoms with Crippen LogP contribution in [0.2, 0.25) is 0 Å². The molecule has 0 saturated carbocycles. The van der Waals surface area contributed by atoms with E-state index in [1.165, 1.54) is 11.8 Å². The van der Waals surface area contributed by atoms with Crippen LogP contribution in [-0.2, 0) is 9.59 Å². The van der Waals surface area contributed by atoms with E-state index >= 15 is 0 Å². The maximum atomic E-state index is 13.1. The number of aryl methyl sites for hydroxylation is 1. The molecule has 7 heteroatoms. The smallest absolute Gasteiger partial charge is 0.323 e. The molecule has 0 aromatic carbocycles. The van der Waals surface area contributed by atoms with Gasteiger partial charge in [-0.05, 0) is 53.0 Å². The Balaban J connectivity index is 2.14. The lowest BCUT2D eigenvalue weighted by atomic mass is 10.1. The Labute approximate surface area is 160 Å². The normalized spacial score (nSPS) is 17.7. The van der Waals surface area contributed by atoms with E-state index in [-0.39, 0.29) is 24.4 Å². The van der Waals surface area contributed by atoms with E-state index in [9.17, 15) is 14.4 Å². The molecular weight excluding hydrogens is 346 g/mol. The Morgan fingerprint density at radius 2 is 1.89 bits per heavy atom. The average Bonchev–Trinajstić information content (AvgIpc) is 2.74. The van der Waals surface area contributed by atoms with E-state index in [0.717, 1.165) is 23.4 Å². The number of carbonyl (C=O) groups excluding carboxylic acids is 2. The highest BCUT2D eigenvalue weighted by atomic mass is 16.4. The van der Waals surface area contributed by atoms with Gasteiger partial charge in [0.1, 0.15) is 6.54 Å². The van der Waals surface area contributed by atoms with Gasteiger partial charge in [0.15, 0.2) is 0 Å². The summed E-state index contributed by atoms with van der Waals surface area (Å²) in [4.78, 5) is 39.3. The summed E-state index contributed by atoms with van der Waals surface area (Å²) >= 11 is 0. The van der Waals surface area contributed by atoms with Crippen molar-refractivity contribution in [3.8, 4) is 0 Å². The minimum atomic E-state index is -1.01. The van der Waals surface area contributed by atoms with Crippen LogP contribution in [0.1, 0.15) is 67.8 Å². The van der Waals surface area contributed by atoms with Gasteiger partial charge in [0.2, 0.25) is 5.91 Å². The molecule has 2 amide bonds. The summed E-state index contributed by atoms with van der Waals surface area (Å²) in [6.07, 6.45) is 2.06. The van der Waals surface area contributed by atoms with E-state index < -0.39 is 5.97 Å². The van der Waals surface area contributed by atoms with Crippen molar-refractivity contribution in [2.24, 2.45) is 0 Å². The molecule has 1 N–H and O–H groups in total. The predicted molar refractivity (Wildman–Crippen MR) is 103 cm³/mol. The van der Waals surface area contributed by atoms with Crippen LogP contribution in [0, 0.1) is 13.8 Å². The highest BCUT2D eigenvalue weighted by Crippen LogP contribution is 2.24. The molecule has 1 atom stereocenters. The summed E-state index contributed by atoms with van der Waals surface area (Å²) in [6.45, 7) is 10.5. The number of rotatable bonds is 5. The van der Waals surface area contributed by atoms with Gasteiger partial charge in [-0.3, -0.25) is 14.4 Å². The first kappa shape index (κ1) is 21.0. The summed E-state index contributed by atoms with van der Waals surface area (Å²) in [7, 11) is 0. The van der Waals surface area contributed by atoms with Crippen LogP contribution in [0.4, 0.5) is 0 Å². The third kappa shape index (κ3) is 4.70. The van der Waals surface area contributed by atoms with Crippen molar-refractivity contribution in [1.82, 2.24) is 14.4 Å². The first-order valence-corrected chi connectivity index (χ1v) is 9.60. The number of carboxylic acid groups (broad SMARTS) is 1. The Morgan fingerprint density at radius 3 is 2.41 bits per heavy atom. The summed E-state index contributed by atoms with van der Waals surface area (Å²) in [6, 6.07) is 2.10. The van der Waals surface area contributed by atoms with Gasteiger partial charge in [-0.2, -0.15) is 0 Å². The number of carboxylic acids is 1. The van der Waals surface area contributed by atoms with Crippen LogP contribution in [-0.4, -0.2) is 62.9 Å². The second-order valence-electron chi connectivity index (χ2n) is 7.67. The number of likely N-dealkylation sites (tertiary alicyclic amines) is 1. The number of carbonyl (C=O) groups is 3. The number of aliphatic carboxylic acids is 1. The number of amides is 2. The largest absolute Gasteiger partial charge is 0.480 e. The summed E-state index contributed by atoms with van der Waals surface area (Å²) in [5, 5.41) is 9.07. The molecule has 0 aliphatic carbocycles. The first-order chi connectivity index (χ1) is 12.6. The van der Waals surface area contributed by atoms with E-state index in [4.69, 9.17) is 5.11 Å². The molecule has 1 aromatic heterocycles. The van der Waals surface area contributed by atoms with Gasteiger partial charge in [0.05, 0.1) is 5.56 Å². The fourth-order valence-corrected chi connectivity index (χ4v) is 4.20. The molecule has 2 heterocycles. The topological polar surface area (TPSA) is 82.8 Å². The third-order valence-electron chi connectivity index (χ3n) is 5.37. The summed E-state index contributed by atoms with van der Waals surface area (Å²) < 4.78 is 2.16. The van der Waals surface area contributed by atoms with Crippen LogP contribution in [0.3, 0.4) is 0 Å². The molecule has 1 aliphatic rings. The molecule has 150 valence electrons. The van der Waals surface area contributed by atoms with E-state index in [1.807, 2.05) is 24.8 Å². The molecule has 0 bridgehead atoms. The Bertz CT molecular complexity index is 723. The van der Waals surface area contributed by atoms with Crippen LogP contribution < -0.4 is 0 Å². The maximum absolute atomic E-state index is 13.1. The van der Waals surface area contributed by atoms with Crippen molar-refractivity contribution < 1.29 is 19.5 Å². The standard InChI is InChI=1S/C20H31N3O4/c1-13(2)23-14(3)11-18(15(23)4)20(27)21-9-6-7-17(8-10-21)22(16(5)24)12-19(25)26/h11,13,17H,6-10,12H2,1-5H3,(H,25,26). The molecule has 7 nitrogen and oxygen atoms in total. The zero-order chi connectivity index (χ0) is 20.3. The third-order valence-corrected chi connectivity index (χ3v) is 5.37. The van der Waals surface area contributed by atoms with Gasteiger partial charge in [-0.15, -0.1) is 0 Å². The number of nitrogens with zero attached hydrogens (tertiary/aromatic N) is 3. The number of hydrogen-bond donors (Lipinski definition) is 1. The van der Waals surface area contributed by atoms with E-state index in [0.29, 0.717) is 32.0 Å². The van der Waals surface area contributed by atoms with Crippen molar-refractivity contribution in [1.29, 1.82) is 0 Å². The number of hydrogen-bond acceptors (Lipinski definition) is 3. The molecular formula is C20H31N3O4. The quantitative estimate of drug-likeness (QED) is 0.855. The van der Waals surface area contributed by atoms with Gasteiger partial charge in [0, 0.05) is 43.5 Å². The molecule has 0 radical (unpaired) electrons. The van der Waals surface area contributed by atoms with Gasteiger partial charge < -0.3 is 19.5 Å². The lowest BCUT2D eigenvalue weighted by Gasteiger charge is -2.28. The zero-order valence-electron chi connectivity index (χ0n) is 17.0. The summed E-state index contributed by atoms with van der Waals surface area (Å²) in [5.74, 6) is -1.23. The van der Waals surface area contributed by atoms with Gasteiger partial charge in [0.25, 0.3) is 5.91 Å². The Kier molecular flexibility index (Phi) is 6.68. The fraction of sp³-hybridized carbons (Fsp3) is 0.650. The number of aromatic nitrogens is 1. The molecule has 27 heavy (non-hydrogen) atoms. The average molecular weight is 377 g/mol. The summed E-state index contributed by atoms with van der Waals surface area (Å²) in [5.41, 5.74) is 2.78. The molecule has 1 fully saturated rings. The molecule has 2 rings (SSSR count). The molecule has 1 aromatic rings. The van der Waals surface area contributed by atoms with Crippen LogP contribution in [0.25, 0.3) is 0 Å². The van der Waals surface area contributed by atoms with Crippen molar-refractivity contribution in [2.45, 2.75) is 66.0 Å². The molecule has 1 aliphatic heterocycles. The highest BCUT2D eigenvalue weighted by molar-refractivity contribution is 5.95. The highest BCUT2D eigenvalue weighted by Gasteiger charge is 2.29. The first-order valence-electron chi connectivity index (χ1n) is 9.60. The molecule has 0 spiro atoms. The van der Waals surface area contributed by atoms with Gasteiger partial charge in [-0.1, -0.05) is 0 Å². The van der Waals surface area contributed by atoms with Crippen molar-refractivity contribution in [2.75, 3.05) is 19.6 Å². The van der Waals surface area contributed by atoms with Crippen LogP contribution in [0.5, 0.6) is 0 Å². The van der Waals surface area contributed by atoms with E-state index in [2.05, 4.69) is 18.4 Å². The minimum Gasteiger partial charge on any atom is -0.480 e. The van der Waals surface area contributed by atoms with E-state index in [1.54, 1.807) is 0 Å². The Morgan fingerprint density at radius 1 is 1.22 bits per heavy atom. The lowest BCUT2D eigenvalue weighted by molar-refractivity contribution is -0.145. The fourth-order valence-electron chi connectivity index (χ4n) is 4.20.